The van der Waals surface area contributed by atoms with E-state index in [4.69, 9.17) is 16.3 Å². The largest absolute Gasteiger partial charge is 0.497 e. The molecular formula is C20H25ClN2O2. The molecule has 0 aliphatic heterocycles. The van der Waals surface area contributed by atoms with Crippen molar-refractivity contribution in [2.24, 2.45) is 0 Å². The summed E-state index contributed by atoms with van der Waals surface area (Å²) in [6.45, 7) is 0.885. The molecule has 0 spiro atoms. The maximum atomic E-state index is 12.5. The van der Waals surface area contributed by atoms with E-state index in [1.54, 1.807) is 7.11 Å². The third-order valence-electron chi connectivity index (χ3n) is 4.00. The Labute approximate surface area is 154 Å². The lowest BCUT2D eigenvalue weighted by atomic mass is 10.0. The Morgan fingerprint density at radius 1 is 1.12 bits per heavy atom. The monoisotopic (exact) mass is 360 g/mol. The fraction of sp³-hybridized carbons (Fsp3) is 0.350. The number of nitrogens with one attached hydrogen (secondary N) is 1. The molecule has 0 saturated heterocycles. The van der Waals surface area contributed by atoms with E-state index >= 15 is 0 Å². The fourth-order valence-electron chi connectivity index (χ4n) is 2.58. The highest BCUT2D eigenvalue weighted by atomic mass is 35.5. The minimum absolute atomic E-state index is 0.00359. The van der Waals surface area contributed by atoms with Crippen LogP contribution in [0.25, 0.3) is 0 Å². The summed E-state index contributed by atoms with van der Waals surface area (Å²) >= 11 is 5.98. The summed E-state index contributed by atoms with van der Waals surface area (Å²) in [5.74, 6) is 0.790. The van der Waals surface area contributed by atoms with Gasteiger partial charge in [0.25, 0.3) is 0 Å². The summed E-state index contributed by atoms with van der Waals surface area (Å²) in [6.07, 6.45) is 1.18. The second-order valence-electron chi connectivity index (χ2n) is 6.29. The van der Waals surface area contributed by atoms with Gasteiger partial charge in [-0.15, -0.1) is 0 Å². The van der Waals surface area contributed by atoms with E-state index in [2.05, 4.69) is 10.2 Å². The van der Waals surface area contributed by atoms with Crippen molar-refractivity contribution in [3.63, 3.8) is 0 Å². The van der Waals surface area contributed by atoms with Gasteiger partial charge in [-0.05, 0) is 62.5 Å². The predicted octanol–water partition coefficient (Wildman–Crippen LogP) is 3.70. The number of hydrogen-bond acceptors (Lipinski definition) is 3. The van der Waals surface area contributed by atoms with Crippen molar-refractivity contribution in [1.29, 1.82) is 0 Å². The molecule has 4 nitrogen and oxygen atoms in total. The minimum Gasteiger partial charge on any atom is -0.497 e. The maximum Gasteiger partial charge on any atom is 0.224 e. The SMILES string of the molecule is COc1ccc(CC(=O)NC(CCN(C)C)c2ccc(Cl)cc2)cc1. The summed E-state index contributed by atoms with van der Waals surface area (Å²) in [5, 5.41) is 3.84. The van der Waals surface area contributed by atoms with Crippen LogP contribution in [-0.2, 0) is 11.2 Å². The lowest BCUT2D eigenvalue weighted by molar-refractivity contribution is -0.121. The predicted molar refractivity (Wildman–Crippen MR) is 102 cm³/mol. The summed E-state index contributed by atoms with van der Waals surface area (Å²) in [4.78, 5) is 14.6. The summed E-state index contributed by atoms with van der Waals surface area (Å²) in [5.41, 5.74) is 2.02. The van der Waals surface area contributed by atoms with Crippen LogP contribution in [0.2, 0.25) is 5.02 Å². The lowest BCUT2D eigenvalue weighted by Crippen LogP contribution is -2.32. The fourth-order valence-corrected chi connectivity index (χ4v) is 2.70. The quantitative estimate of drug-likeness (QED) is 0.780. The number of rotatable bonds is 8. The first-order chi connectivity index (χ1) is 12.0. The van der Waals surface area contributed by atoms with Crippen molar-refractivity contribution in [1.82, 2.24) is 10.2 Å². The molecule has 0 bridgehead atoms. The zero-order valence-corrected chi connectivity index (χ0v) is 15.7. The van der Waals surface area contributed by atoms with Crippen molar-refractivity contribution < 1.29 is 9.53 Å². The van der Waals surface area contributed by atoms with E-state index in [-0.39, 0.29) is 11.9 Å². The Bertz CT molecular complexity index is 669. The van der Waals surface area contributed by atoms with Crippen LogP contribution in [0.15, 0.2) is 48.5 Å². The molecule has 2 aromatic carbocycles. The summed E-state index contributed by atoms with van der Waals surface area (Å²) in [6, 6.07) is 15.2. The zero-order chi connectivity index (χ0) is 18.2. The highest BCUT2D eigenvalue weighted by Crippen LogP contribution is 2.20. The number of methoxy groups -OCH3 is 1. The molecule has 0 radical (unpaired) electrons. The maximum absolute atomic E-state index is 12.5. The number of halogens is 1. The first kappa shape index (κ1) is 19.3. The van der Waals surface area contributed by atoms with Gasteiger partial charge >= 0.3 is 0 Å². The molecule has 1 N–H and O–H groups in total. The molecule has 0 aromatic heterocycles. The number of benzene rings is 2. The van der Waals surface area contributed by atoms with E-state index in [0.29, 0.717) is 11.4 Å². The molecule has 0 saturated carbocycles. The number of ether oxygens (including phenoxy) is 1. The molecule has 2 aromatic rings. The third kappa shape index (κ3) is 6.40. The van der Waals surface area contributed by atoms with Gasteiger partial charge in [0.1, 0.15) is 5.75 Å². The Morgan fingerprint density at radius 3 is 2.32 bits per heavy atom. The molecule has 1 unspecified atom stereocenters. The molecule has 0 aliphatic rings. The topological polar surface area (TPSA) is 41.6 Å². The van der Waals surface area contributed by atoms with E-state index in [1.165, 1.54) is 0 Å². The highest BCUT2D eigenvalue weighted by Gasteiger charge is 2.15. The first-order valence-corrected chi connectivity index (χ1v) is 8.68. The normalized spacial score (nSPS) is 12.0. The number of hydrogen-bond donors (Lipinski definition) is 1. The van der Waals surface area contributed by atoms with E-state index in [1.807, 2.05) is 62.6 Å². The van der Waals surface area contributed by atoms with Crippen LogP contribution in [0.3, 0.4) is 0 Å². The minimum atomic E-state index is -0.0367. The lowest BCUT2D eigenvalue weighted by Gasteiger charge is -2.21. The van der Waals surface area contributed by atoms with Crippen molar-refractivity contribution in [3.8, 4) is 5.75 Å². The second-order valence-corrected chi connectivity index (χ2v) is 6.72. The molecule has 0 fully saturated rings. The van der Waals surface area contributed by atoms with E-state index in [9.17, 15) is 4.79 Å². The highest BCUT2D eigenvalue weighted by molar-refractivity contribution is 6.30. The van der Waals surface area contributed by atoms with Crippen LogP contribution in [0.1, 0.15) is 23.6 Å². The number of carbonyl (C=O) groups is 1. The third-order valence-corrected chi connectivity index (χ3v) is 4.25. The van der Waals surface area contributed by atoms with Crippen LogP contribution < -0.4 is 10.1 Å². The molecule has 5 heteroatoms. The number of carbonyl (C=O) groups excluding carboxylic acids is 1. The number of nitrogens with zero attached hydrogens (tertiary/aromatic N) is 1. The van der Waals surface area contributed by atoms with Crippen molar-refractivity contribution >= 4 is 17.5 Å². The Balaban J connectivity index is 2.03. The summed E-state index contributed by atoms with van der Waals surface area (Å²) in [7, 11) is 5.68. The summed E-state index contributed by atoms with van der Waals surface area (Å²) < 4.78 is 5.14. The van der Waals surface area contributed by atoms with Crippen LogP contribution in [0.4, 0.5) is 0 Å². The van der Waals surface area contributed by atoms with Crippen molar-refractivity contribution in [2.75, 3.05) is 27.7 Å². The smallest absolute Gasteiger partial charge is 0.224 e. The van der Waals surface area contributed by atoms with Gasteiger partial charge in [-0.2, -0.15) is 0 Å². The second kappa shape index (κ2) is 9.44. The van der Waals surface area contributed by atoms with Gasteiger partial charge in [0.15, 0.2) is 0 Å². The van der Waals surface area contributed by atoms with E-state index in [0.717, 1.165) is 29.8 Å². The molecule has 0 aliphatic carbocycles. The van der Waals surface area contributed by atoms with Gasteiger partial charge in [-0.3, -0.25) is 4.79 Å². The van der Waals surface area contributed by atoms with Crippen LogP contribution in [0.5, 0.6) is 5.75 Å². The molecule has 1 atom stereocenters. The van der Waals surface area contributed by atoms with Gasteiger partial charge in [0, 0.05) is 5.02 Å². The van der Waals surface area contributed by atoms with E-state index < -0.39 is 0 Å². The standard InChI is InChI=1S/C20H25ClN2O2/c1-23(2)13-12-19(16-6-8-17(21)9-7-16)22-20(24)14-15-4-10-18(25-3)11-5-15/h4-11,19H,12-14H2,1-3H3,(H,22,24). The molecule has 134 valence electrons. The molecule has 0 heterocycles. The van der Waals surface area contributed by atoms with Crippen LogP contribution >= 0.6 is 11.6 Å². The average Bonchev–Trinajstić information content (AvgIpc) is 2.60. The van der Waals surface area contributed by atoms with Gasteiger partial charge in [0.05, 0.1) is 19.6 Å². The van der Waals surface area contributed by atoms with Gasteiger partial charge < -0.3 is 15.0 Å². The Hall–Kier alpha value is -2.04. The van der Waals surface area contributed by atoms with Gasteiger partial charge in [0.2, 0.25) is 5.91 Å². The average molecular weight is 361 g/mol. The molecular weight excluding hydrogens is 336 g/mol. The Kier molecular flexibility index (Phi) is 7.29. The molecule has 1 amide bonds. The Morgan fingerprint density at radius 2 is 1.76 bits per heavy atom. The molecule has 2 rings (SSSR count). The first-order valence-electron chi connectivity index (χ1n) is 8.30. The van der Waals surface area contributed by atoms with Crippen LogP contribution in [0, 0.1) is 0 Å². The van der Waals surface area contributed by atoms with Gasteiger partial charge in [-0.25, -0.2) is 0 Å². The van der Waals surface area contributed by atoms with Crippen LogP contribution in [-0.4, -0.2) is 38.6 Å². The zero-order valence-electron chi connectivity index (χ0n) is 15.0. The van der Waals surface area contributed by atoms with Crippen molar-refractivity contribution in [3.05, 3.63) is 64.7 Å². The molecule has 25 heavy (non-hydrogen) atoms. The number of amides is 1. The van der Waals surface area contributed by atoms with Crippen molar-refractivity contribution in [2.45, 2.75) is 18.9 Å². The van der Waals surface area contributed by atoms with Gasteiger partial charge in [-0.1, -0.05) is 35.9 Å².